The van der Waals surface area contributed by atoms with Gasteiger partial charge in [0.1, 0.15) is 8.42 Å². The molecule has 3 rings (SSSR count). The average molecular weight is 411 g/mol. The Labute approximate surface area is 149 Å². The summed E-state index contributed by atoms with van der Waals surface area (Å²) in [6, 6.07) is 2.97. The Balaban J connectivity index is 1.67. The monoisotopic (exact) mass is 410 g/mol. The fourth-order valence-electron chi connectivity index (χ4n) is 2.49. The Morgan fingerprint density at radius 2 is 1.71 bits per heavy atom. The lowest BCUT2D eigenvalue weighted by Crippen LogP contribution is -2.37. The van der Waals surface area contributed by atoms with E-state index >= 15 is 0 Å². The molecule has 0 bridgehead atoms. The second-order valence-corrected chi connectivity index (χ2v) is 12.0. The summed E-state index contributed by atoms with van der Waals surface area (Å²) in [6.45, 7) is 3.80. The Hall–Kier alpha value is -0.560. The highest BCUT2D eigenvalue weighted by molar-refractivity contribution is 7.94. The summed E-state index contributed by atoms with van der Waals surface area (Å²) in [5.41, 5.74) is 0. The first-order valence-electron chi connectivity index (χ1n) is 7.35. The van der Waals surface area contributed by atoms with Gasteiger partial charge in [-0.15, -0.1) is 22.7 Å². The van der Waals surface area contributed by atoms with Gasteiger partial charge in [-0.1, -0.05) is 0 Å². The molecule has 0 aromatic carbocycles. The number of primary sulfonamides is 1. The van der Waals surface area contributed by atoms with Crippen LogP contribution in [0.3, 0.4) is 0 Å². The zero-order chi connectivity index (χ0) is 17.4. The van der Waals surface area contributed by atoms with Gasteiger partial charge in [-0.2, -0.15) is 0 Å². The highest BCUT2D eigenvalue weighted by Gasteiger charge is 2.21. The molecular formula is C13H18N2O5S4. The minimum absolute atomic E-state index is 0.0556. The van der Waals surface area contributed by atoms with E-state index in [1.54, 1.807) is 0 Å². The van der Waals surface area contributed by atoms with Gasteiger partial charge in [0.25, 0.3) is 0 Å². The van der Waals surface area contributed by atoms with Crippen LogP contribution in [0.2, 0.25) is 0 Å². The Morgan fingerprint density at radius 3 is 2.33 bits per heavy atom. The Kier molecular flexibility index (Phi) is 5.30. The summed E-state index contributed by atoms with van der Waals surface area (Å²) in [7, 11) is -7.10. The van der Waals surface area contributed by atoms with Gasteiger partial charge in [0.2, 0.25) is 10.0 Å². The molecule has 0 unspecified atom stereocenters. The van der Waals surface area contributed by atoms with Crippen LogP contribution in [-0.2, 0) is 24.6 Å². The van der Waals surface area contributed by atoms with Gasteiger partial charge in [0.15, 0.2) is 9.84 Å². The summed E-state index contributed by atoms with van der Waals surface area (Å²) in [5, 5.41) is 5.71. The molecule has 11 heteroatoms. The first-order valence-corrected chi connectivity index (χ1v) is 12.2. The van der Waals surface area contributed by atoms with E-state index in [9.17, 15) is 16.8 Å². The van der Waals surface area contributed by atoms with Crippen molar-refractivity contribution >= 4 is 51.9 Å². The SMILES string of the molecule is NS(=O)(=O)c1cc2cc(S(=O)(=O)CCCN3CCOCC3)sc2s1. The Bertz CT molecular complexity index is 891. The van der Waals surface area contributed by atoms with E-state index in [0.717, 1.165) is 42.3 Å². The molecule has 7 nitrogen and oxygen atoms in total. The molecule has 0 amide bonds. The molecule has 1 saturated heterocycles. The number of sulfonamides is 1. The summed E-state index contributed by atoms with van der Waals surface area (Å²) < 4.78 is 53.8. The van der Waals surface area contributed by atoms with Gasteiger partial charge >= 0.3 is 0 Å². The molecule has 2 aromatic rings. The quantitative estimate of drug-likeness (QED) is 0.764. The van der Waals surface area contributed by atoms with Gasteiger partial charge in [0.05, 0.1) is 23.0 Å². The molecule has 0 aliphatic carbocycles. The van der Waals surface area contributed by atoms with E-state index in [4.69, 9.17) is 9.88 Å². The lowest BCUT2D eigenvalue weighted by molar-refractivity contribution is 0.0381. The van der Waals surface area contributed by atoms with Crippen LogP contribution in [0.25, 0.3) is 9.40 Å². The summed E-state index contributed by atoms with van der Waals surface area (Å²) in [5.74, 6) is 0.0835. The number of hydrogen-bond acceptors (Lipinski definition) is 8. The standard InChI is InChI=1S/C13H18N2O5S4/c14-24(18,19)12-9-10-8-11(21-13(10)22-12)23(16,17)7-1-2-15-3-5-20-6-4-15/h8-9H,1-7H2,(H2,14,18,19). The molecule has 2 N–H and O–H groups in total. The second-order valence-electron chi connectivity index (χ2n) is 5.55. The topological polar surface area (TPSA) is 107 Å². The number of nitrogens with zero attached hydrogens (tertiary/aromatic N) is 1. The first-order chi connectivity index (χ1) is 11.3. The van der Waals surface area contributed by atoms with Gasteiger partial charge in [-0.05, 0) is 25.1 Å². The third-order valence-corrected chi connectivity index (χ3v) is 9.92. The van der Waals surface area contributed by atoms with E-state index in [1.165, 1.54) is 12.1 Å². The molecule has 0 radical (unpaired) electrons. The fourth-order valence-corrected chi connectivity index (χ4v) is 7.75. The molecule has 24 heavy (non-hydrogen) atoms. The van der Waals surface area contributed by atoms with Crippen LogP contribution >= 0.6 is 22.7 Å². The van der Waals surface area contributed by atoms with Crippen LogP contribution in [-0.4, -0.2) is 60.3 Å². The predicted octanol–water partition coefficient (Wildman–Crippen LogP) is 1.11. The minimum Gasteiger partial charge on any atom is -0.379 e. The van der Waals surface area contributed by atoms with Crippen molar-refractivity contribution in [3.05, 3.63) is 12.1 Å². The number of sulfone groups is 1. The van der Waals surface area contributed by atoms with Crippen LogP contribution in [0.1, 0.15) is 6.42 Å². The fraction of sp³-hybridized carbons (Fsp3) is 0.538. The molecule has 1 aliphatic heterocycles. The van der Waals surface area contributed by atoms with Gasteiger partial charge in [0, 0.05) is 18.5 Å². The largest absolute Gasteiger partial charge is 0.379 e. The van der Waals surface area contributed by atoms with Crippen molar-refractivity contribution in [1.82, 2.24) is 4.90 Å². The normalized spacial score (nSPS) is 17.5. The minimum atomic E-state index is -3.75. The molecule has 1 aliphatic rings. The third kappa shape index (κ3) is 4.15. The lowest BCUT2D eigenvalue weighted by Gasteiger charge is -2.26. The summed E-state index contributed by atoms with van der Waals surface area (Å²) in [4.78, 5) is 2.20. The molecule has 1 fully saturated rings. The maximum atomic E-state index is 12.5. The smallest absolute Gasteiger partial charge is 0.247 e. The average Bonchev–Trinajstić information content (AvgIpc) is 3.06. The maximum absolute atomic E-state index is 12.5. The van der Waals surface area contributed by atoms with Crippen LogP contribution in [0.4, 0.5) is 0 Å². The van der Waals surface area contributed by atoms with Crippen LogP contribution in [0.15, 0.2) is 20.6 Å². The van der Waals surface area contributed by atoms with Crippen molar-refractivity contribution in [3.8, 4) is 0 Å². The van der Waals surface area contributed by atoms with Crippen LogP contribution in [0.5, 0.6) is 0 Å². The highest BCUT2D eigenvalue weighted by atomic mass is 32.3. The number of morpholine rings is 1. The van der Waals surface area contributed by atoms with Crippen molar-refractivity contribution in [3.63, 3.8) is 0 Å². The van der Waals surface area contributed by atoms with Gasteiger partial charge in [-0.3, -0.25) is 4.90 Å². The maximum Gasteiger partial charge on any atom is 0.247 e. The van der Waals surface area contributed by atoms with Crippen LogP contribution < -0.4 is 5.14 Å². The van der Waals surface area contributed by atoms with E-state index in [0.29, 0.717) is 29.0 Å². The zero-order valence-electron chi connectivity index (χ0n) is 12.8. The molecule has 0 atom stereocenters. The zero-order valence-corrected chi connectivity index (χ0v) is 16.1. The van der Waals surface area contributed by atoms with E-state index in [1.807, 2.05) is 0 Å². The summed E-state index contributed by atoms with van der Waals surface area (Å²) >= 11 is 2.11. The van der Waals surface area contributed by atoms with E-state index in [2.05, 4.69) is 4.90 Å². The number of hydrogen-bond donors (Lipinski definition) is 1. The lowest BCUT2D eigenvalue weighted by atomic mass is 10.4. The number of rotatable bonds is 6. The molecule has 134 valence electrons. The predicted molar refractivity (Wildman–Crippen MR) is 95.0 cm³/mol. The van der Waals surface area contributed by atoms with Gasteiger partial charge < -0.3 is 4.74 Å². The van der Waals surface area contributed by atoms with E-state index < -0.39 is 19.9 Å². The van der Waals surface area contributed by atoms with Crippen molar-refractivity contribution in [2.45, 2.75) is 14.8 Å². The highest BCUT2D eigenvalue weighted by Crippen LogP contribution is 2.37. The van der Waals surface area contributed by atoms with Crippen molar-refractivity contribution < 1.29 is 21.6 Å². The van der Waals surface area contributed by atoms with Crippen LogP contribution in [0, 0.1) is 0 Å². The molecular weight excluding hydrogens is 392 g/mol. The van der Waals surface area contributed by atoms with Gasteiger partial charge in [-0.25, -0.2) is 22.0 Å². The molecule has 0 spiro atoms. The number of nitrogens with two attached hydrogens (primary N) is 1. The number of thiophene rings is 2. The first kappa shape index (κ1) is 18.2. The molecule has 0 saturated carbocycles. The van der Waals surface area contributed by atoms with Crippen molar-refractivity contribution in [2.75, 3.05) is 38.6 Å². The van der Waals surface area contributed by atoms with Crippen molar-refractivity contribution in [2.24, 2.45) is 5.14 Å². The Morgan fingerprint density at radius 1 is 1.08 bits per heavy atom. The number of fused-ring (bicyclic) bond motifs is 1. The number of ether oxygens (including phenoxy) is 1. The molecule has 3 heterocycles. The third-order valence-electron chi connectivity index (χ3n) is 3.75. The van der Waals surface area contributed by atoms with Crippen molar-refractivity contribution in [1.29, 1.82) is 0 Å². The molecule has 2 aromatic heterocycles. The van der Waals surface area contributed by atoms with E-state index in [-0.39, 0.29) is 14.2 Å². The second kappa shape index (κ2) is 6.98. The summed E-state index contributed by atoms with van der Waals surface area (Å²) in [6.07, 6.45) is 0.566.